The molecule has 16 heavy (non-hydrogen) atoms. The fraction of sp³-hybridized carbons (Fsp3) is 0.636. The quantitative estimate of drug-likeness (QED) is 0.810. The third-order valence-electron chi connectivity index (χ3n) is 2.84. The van der Waals surface area contributed by atoms with Crippen molar-refractivity contribution in [3.05, 3.63) is 17.5 Å². The number of nitrogens with one attached hydrogen (secondary N) is 1. The zero-order valence-corrected chi connectivity index (χ0v) is 10.6. The maximum absolute atomic E-state index is 11.9. The standard InChI is InChI=1S/C11H17ClN2O2/c1-4-11(3,5-6-12)14-10(15)9-7-13-16-8(9)2/h7H,4-6H2,1-3H3,(H,14,15). The van der Waals surface area contributed by atoms with Crippen LogP contribution in [0.25, 0.3) is 0 Å². The Balaban J connectivity index is 2.73. The van der Waals surface area contributed by atoms with Gasteiger partial charge >= 0.3 is 0 Å². The lowest BCUT2D eigenvalue weighted by Gasteiger charge is -2.28. The Kier molecular flexibility index (Phi) is 4.35. The van der Waals surface area contributed by atoms with Gasteiger partial charge in [-0.1, -0.05) is 12.1 Å². The molecule has 0 fully saturated rings. The van der Waals surface area contributed by atoms with Crippen LogP contribution in [0.5, 0.6) is 0 Å². The first kappa shape index (κ1) is 13.0. The molecule has 1 atom stereocenters. The van der Waals surface area contributed by atoms with Crippen molar-refractivity contribution in [1.29, 1.82) is 0 Å². The van der Waals surface area contributed by atoms with Crippen molar-refractivity contribution in [2.45, 2.75) is 39.2 Å². The zero-order valence-electron chi connectivity index (χ0n) is 9.84. The number of hydrogen-bond donors (Lipinski definition) is 1. The van der Waals surface area contributed by atoms with Crippen molar-refractivity contribution in [2.75, 3.05) is 5.88 Å². The number of aryl methyl sites for hydroxylation is 1. The highest BCUT2D eigenvalue weighted by Crippen LogP contribution is 2.17. The summed E-state index contributed by atoms with van der Waals surface area (Å²) in [6, 6.07) is 0. The molecule has 4 nitrogen and oxygen atoms in total. The van der Waals surface area contributed by atoms with E-state index in [1.54, 1.807) is 6.92 Å². The summed E-state index contributed by atoms with van der Waals surface area (Å²) in [6.07, 6.45) is 3.00. The second-order valence-electron chi connectivity index (χ2n) is 4.10. The van der Waals surface area contributed by atoms with Gasteiger partial charge in [0.15, 0.2) is 0 Å². The SMILES string of the molecule is CCC(C)(CCCl)NC(=O)c1cnoc1C. The van der Waals surface area contributed by atoms with Crippen molar-refractivity contribution >= 4 is 17.5 Å². The Morgan fingerprint density at radius 3 is 2.81 bits per heavy atom. The minimum Gasteiger partial charge on any atom is -0.361 e. The summed E-state index contributed by atoms with van der Waals surface area (Å²) in [5.41, 5.74) is 0.206. The summed E-state index contributed by atoms with van der Waals surface area (Å²) in [4.78, 5) is 11.9. The summed E-state index contributed by atoms with van der Waals surface area (Å²) in [6.45, 7) is 5.72. The van der Waals surface area contributed by atoms with Gasteiger partial charge in [0, 0.05) is 11.4 Å². The molecule has 0 radical (unpaired) electrons. The summed E-state index contributed by atoms with van der Waals surface area (Å²) >= 11 is 5.72. The van der Waals surface area contributed by atoms with Gasteiger partial charge in [0.05, 0.1) is 6.20 Å². The fourth-order valence-corrected chi connectivity index (χ4v) is 1.81. The average molecular weight is 245 g/mol. The van der Waals surface area contributed by atoms with Gasteiger partial charge in [0.2, 0.25) is 0 Å². The molecule has 0 saturated carbocycles. The van der Waals surface area contributed by atoms with E-state index in [1.807, 2.05) is 13.8 Å². The van der Waals surface area contributed by atoms with Crippen LogP contribution in [0.4, 0.5) is 0 Å². The number of halogens is 1. The lowest BCUT2D eigenvalue weighted by molar-refractivity contribution is 0.0900. The Bertz CT molecular complexity index is 365. The molecule has 1 N–H and O–H groups in total. The number of aromatic nitrogens is 1. The first-order valence-electron chi connectivity index (χ1n) is 5.32. The molecule has 0 aliphatic rings. The van der Waals surface area contributed by atoms with E-state index >= 15 is 0 Å². The highest BCUT2D eigenvalue weighted by atomic mass is 35.5. The fourth-order valence-electron chi connectivity index (χ4n) is 1.39. The Labute approximate surface area is 100 Å². The molecule has 90 valence electrons. The molecule has 0 saturated heterocycles. The second-order valence-corrected chi connectivity index (χ2v) is 4.48. The van der Waals surface area contributed by atoms with Gasteiger partial charge in [-0.3, -0.25) is 4.79 Å². The van der Waals surface area contributed by atoms with Gasteiger partial charge in [-0.15, -0.1) is 11.6 Å². The molecule has 1 heterocycles. The molecule has 1 rings (SSSR count). The molecule has 0 spiro atoms. The highest BCUT2D eigenvalue weighted by molar-refractivity contribution is 6.17. The second kappa shape index (κ2) is 5.34. The van der Waals surface area contributed by atoms with Crippen LogP contribution in [0.2, 0.25) is 0 Å². The predicted octanol–water partition coefficient (Wildman–Crippen LogP) is 2.51. The maximum Gasteiger partial charge on any atom is 0.256 e. The number of carbonyl (C=O) groups is 1. The molecule has 1 aromatic rings. The van der Waals surface area contributed by atoms with Crippen LogP contribution in [0.3, 0.4) is 0 Å². The van der Waals surface area contributed by atoms with Crippen molar-refractivity contribution in [3.63, 3.8) is 0 Å². The summed E-state index contributed by atoms with van der Waals surface area (Å²) < 4.78 is 4.86. The average Bonchev–Trinajstić information content (AvgIpc) is 2.65. The van der Waals surface area contributed by atoms with E-state index < -0.39 is 0 Å². The Hall–Kier alpha value is -1.03. The monoisotopic (exact) mass is 244 g/mol. The molecule has 0 aromatic carbocycles. The van der Waals surface area contributed by atoms with E-state index in [0.29, 0.717) is 17.2 Å². The minimum atomic E-state index is -0.275. The smallest absolute Gasteiger partial charge is 0.256 e. The van der Waals surface area contributed by atoms with Crippen LogP contribution in [0.15, 0.2) is 10.7 Å². The van der Waals surface area contributed by atoms with Crippen LogP contribution in [-0.4, -0.2) is 22.5 Å². The lowest BCUT2D eigenvalue weighted by atomic mass is 9.95. The molecule has 0 aliphatic carbocycles. The Morgan fingerprint density at radius 2 is 2.38 bits per heavy atom. The molecule has 1 unspecified atom stereocenters. The van der Waals surface area contributed by atoms with Gasteiger partial charge in [0.1, 0.15) is 11.3 Å². The van der Waals surface area contributed by atoms with Crippen LogP contribution in [0, 0.1) is 6.92 Å². The van der Waals surface area contributed by atoms with Crippen LogP contribution in [0.1, 0.15) is 42.8 Å². The zero-order chi connectivity index (χ0) is 12.2. The molecule has 1 aromatic heterocycles. The molecule has 0 bridgehead atoms. The number of rotatable bonds is 5. The Morgan fingerprint density at radius 1 is 1.69 bits per heavy atom. The molecule has 1 amide bonds. The number of carbonyl (C=O) groups excluding carboxylic acids is 1. The van der Waals surface area contributed by atoms with Crippen molar-refractivity contribution in [2.24, 2.45) is 0 Å². The van der Waals surface area contributed by atoms with E-state index in [0.717, 1.165) is 12.8 Å². The molecule has 0 aliphatic heterocycles. The minimum absolute atomic E-state index is 0.159. The van der Waals surface area contributed by atoms with Crippen LogP contribution < -0.4 is 5.32 Å². The lowest BCUT2D eigenvalue weighted by Crippen LogP contribution is -2.45. The van der Waals surface area contributed by atoms with E-state index in [1.165, 1.54) is 6.20 Å². The van der Waals surface area contributed by atoms with Crippen LogP contribution in [-0.2, 0) is 0 Å². The maximum atomic E-state index is 11.9. The summed E-state index contributed by atoms with van der Waals surface area (Å²) in [5, 5.41) is 6.55. The summed E-state index contributed by atoms with van der Waals surface area (Å²) in [5.74, 6) is 0.891. The number of alkyl halides is 1. The predicted molar refractivity (Wildman–Crippen MR) is 62.7 cm³/mol. The molecule has 5 heteroatoms. The van der Waals surface area contributed by atoms with Crippen molar-refractivity contribution in [1.82, 2.24) is 10.5 Å². The van der Waals surface area contributed by atoms with Crippen molar-refractivity contribution in [3.8, 4) is 0 Å². The third-order valence-corrected chi connectivity index (χ3v) is 3.03. The first-order chi connectivity index (χ1) is 7.52. The number of amides is 1. The largest absolute Gasteiger partial charge is 0.361 e. The van der Waals surface area contributed by atoms with Crippen molar-refractivity contribution < 1.29 is 9.32 Å². The van der Waals surface area contributed by atoms with E-state index in [-0.39, 0.29) is 11.4 Å². The topological polar surface area (TPSA) is 55.1 Å². The normalized spacial score (nSPS) is 14.5. The third kappa shape index (κ3) is 2.98. The van der Waals surface area contributed by atoms with Gasteiger partial charge in [-0.2, -0.15) is 0 Å². The van der Waals surface area contributed by atoms with E-state index in [2.05, 4.69) is 10.5 Å². The molecular weight excluding hydrogens is 228 g/mol. The summed E-state index contributed by atoms with van der Waals surface area (Å²) in [7, 11) is 0. The van der Waals surface area contributed by atoms with E-state index in [4.69, 9.17) is 16.1 Å². The number of hydrogen-bond acceptors (Lipinski definition) is 3. The van der Waals surface area contributed by atoms with Gasteiger partial charge in [-0.05, 0) is 26.7 Å². The number of nitrogens with zero attached hydrogens (tertiary/aromatic N) is 1. The van der Waals surface area contributed by atoms with Gasteiger partial charge in [-0.25, -0.2) is 0 Å². The van der Waals surface area contributed by atoms with Gasteiger partial charge in [0.25, 0.3) is 5.91 Å². The van der Waals surface area contributed by atoms with Gasteiger partial charge < -0.3 is 9.84 Å². The van der Waals surface area contributed by atoms with E-state index in [9.17, 15) is 4.79 Å². The highest BCUT2D eigenvalue weighted by Gasteiger charge is 2.25. The van der Waals surface area contributed by atoms with Crippen LogP contribution >= 0.6 is 11.6 Å². The first-order valence-corrected chi connectivity index (χ1v) is 5.85. The molecular formula is C11H17ClN2O2.